The fraction of sp³-hybridized carbons (Fsp3) is 0.429. The Morgan fingerprint density at radius 1 is 1.37 bits per heavy atom. The number of rotatable bonds is 7. The van der Waals surface area contributed by atoms with Gasteiger partial charge < -0.3 is 10.1 Å². The molecule has 0 bridgehead atoms. The first-order valence-corrected chi connectivity index (χ1v) is 6.42. The van der Waals surface area contributed by atoms with E-state index in [0.29, 0.717) is 18.0 Å². The molecule has 106 valence electrons. The van der Waals surface area contributed by atoms with Gasteiger partial charge in [0.15, 0.2) is 17.4 Å². The van der Waals surface area contributed by atoms with Gasteiger partial charge in [0.2, 0.25) is 0 Å². The lowest BCUT2D eigenvalue weighted by atomic mass is 10.1. The van der Waals surface area contributed by atoms with Crippen molar-refractivity contribution in [2.24, 2.45) is 5.92 Å². The second-order valence-corrected chi connectivity index (χ2v) is 5.25. The van der Waals surface area contributed by atoms with Gasteiger partial charge >= 0.3 is 0 Å². The van der Waals surface area contributed by atoms with Crippen molar-refractivity contribution < 1.29 is 13.5 Å². The van der Waals surface area contributed by atoms with E-state index in [1.165, 1.54) is 12.1 Å². The molecule has 0 saturated heterocycles. The Balaban J connectivity index is 2.70. The molecule has 1 rings (SSSR count). The van der Waals surface area contributed by atoms with Crippen molar-refractivity contribution in [3.63, 3.8) is 0 Å². The highest BCUT2D eigenvalue weighted by atomic mass is 35.5. The first-order valence-electron chi connectivity index (χ1n) is 6.05. The molecule has 1 N–H and O–H groups in total. The fourth-order valence-electron chi connectivity index (χ4n) is 1.51. The minimum Gasteiger partial charge on any atom is -0.482 e. The van der Waals surface area contributed by atoms with Crippen LogP contribution in [-0.4, -0.2) is 13.2 Å². The third kappa shape index (κ3) is 5.57. The Morgan fingerprint density at radius 2 is 1.95 bits per heavy atom. The molecule has 0 radical (unpaired) electrons. The summed E-state index contributed by atoms with van der Waals surface area (Å²) in [7, 11) is 0. The molecule has 0 unspecified atom stereocenters. The van der Waals surface area contributed by atoms with Crippen molar-refractivity contribution in [3.05, 3.63) is 40.9 Å². The summed E-state index contributed by atoms with van der Waals surface area (Å²) in [5, 5.41) is 3.30. The third-order valence-electron chi connectivity index (χ3n) is 2.31. The lowest BCUT2D eigenvalue weighted by Gasteiger charge is -2.11. The van der Waals surface area contributed by atoms with Gasteiger partial charge in [-0.2, -0.15) is 0 Å². The molecule has 19 heavy (non-hydrogen) atoms. The molecule has 1 aromatic carbocycles. The molecular weight excluding hydrogens is 272 g/mol. The smallest absolute Gasteiger partial charge is 0.191 e. The SMILES string of the molecule is C=C(Cl)COc1c(F)cc(CNCC(C)C)cc1F. The number of halogens is 3. The number of hydrogen-bond acceptors (Lipinski definition) is 2. The predicted octanol–water partition coefficient (Wildman–Crippen LogP) is 3.84. The van der Waals surface area contributed by atoms with Crippen LogP contribution in [0.1, 0.15) is 19.4 Å². The first-order chi connectivity index (χ1) is 8.90. The molecule has 5 heteroatoms. The molecule has 0 aliphatic heterocycles. The summed E-state index contributed by atoms with van der Waals surface area (Å²) in [5.41, 5.74) is 0.535. The van der Waals surface area contributed by atoms with Crippen LogP contribution in [0.5, 0.6) is 5.75 Å². The van der Waals surface area contributed by atoms with E-state index >= 15 is 0 Å². The summed E-state index contributed by atoms with van der Waals surface area (Å²) in [6.45, 7) is 8.58. The van der Waals surface area contributed by atoms with Crippen LogP contribution in [-0.2, 0) is 6.54 Å². The Bertz CT molecular complexity index is 426. The zero-order chi connectivity index (χ0) is 14.4. The van der Waals surface area contributed by atoms with Gasteiger partial charge in [0, 0.05) is 11.6 Å². The second-order valence-electron chi connectivity index (χ2n) is 4.72. The van der Waals surface area contributed by atoms with Crippen molar-refractivity contribution in [1.29, 1.82) is 0 Å². The van der Waals surface area contributed by atoms with Gasteiger partial charge in [0.1, 0.15) is 6.61 Å². The summed E-state index contributed by atoms with van der Waals surface area (Å²) in [4.78, 5) is 0. The fourth-order valence-corrected chi connectivity index (χ4v) is 1.56. The summed E-state index contributed by atoms with van der Waals surface area (Å²) in [6.07, 6.45) is 0. The van der Waals surface area contributed by atoms with E-state index < -0.39 is 17.4 Å². The van der Waals surface area contributed by atoms with Crippen LogP contribution in [0.4, 0.5) is 8.78 Å². The van der Waals surface area contributed by atoms with Crippen LogP contribution >= 0.6 is 11.6 Å². The first kappa shape index (κ1) is 15.9. The van der Waals surface area contributed by atoms with E-state index in [4.69, 9.17) is 16.3 Å². The molecule has 0 aliphatic rings. The maximum atomic E-state index is 13.7. The second kappa shape index (κ2) is 7.46. The summed E-state index contributed by atoms with van der Waals surface area (Å²) in [6, 6.07) is 2.51. The molecule has 2 nitrogen and oxygen atoms in total. The largest absolute Gasteiger partial charge is 0.482 e. The zero-order valence-corrected chi connectivity index (χ0v) is 11.9. The average Bonchev–Trinajstić information content (AvgIpc) is 2.26. The van der Waals surface area contributed by atoms with Gasteiger partial charge in [-0.05, 0) is 30.2 Å². The van der Waals surface area contributed by atoms with Gasteiger partial charge in [0.05, 0.1) is 0 Å². The van der Waals surface area contributed by atoms with Gasteiger partial charge in [0.25, 0.3) is 0 Å². The highest BCUT2D eigenvalue weighted by Crippen LogP contribution is 2.24. The van der Waals surface area contributed by atoms with E-state index in [9.17, 15) is 8.78 Å². The van der Waals surface area contributed by atoms with Crippen LogP contribution < -0.4 is 10.1 Å². The third-order valence-corrected chi connectivity index (χ3v) is 2.42. The summed E-state index contributed by atoms with van der Waals surface area (Å²) in [5.74, 6) is -1.42. The zero-order valence-electron chi connectivity index (χ0n) is 11.1. The standard InChI is InChI=1S/C14H18ClF2NO/c1-9(2)6-18-7-11-4-12(16)14(13(17)5-11)19-8-10(3)15/h4-5,9,18H,3,6-8H2,1-2H3. The minimum atomic E-state index is -0.737. The Hall–Kier alpha value is -1.13. The van der Waals surface area contributed by atoms with Crippen LogP contribution in [0.25, 0.3) is 0 Å². The van der Waals surface area contributed by atoms with Crippen molar-refractivity contribution in [2.45, 2.75) is 20.4 Å². The van der Waals surface area contributed by atoms with E-state index in [1.807, 2.05) is 0 Å². The Kier molecular flexibility index (Phi) is 6.25. The van der Waals surface area contributed by atoms with E-state index in [-0.39, 0.29) is 11.6 Å². The maximum Gasteiger partial charge on any atom is 0.191 e. The quantitative estimate of drug-likeness (QED) is 0.823. The van der Waals surface area contributed by atoms with E-state index in [1.54, 1.807) is 0 Å². The van der Waals surface area contributed by atoms with Crippen LogP contribution in [0.15, 0.2) is 23.7 Å². The normalized spacial score (nSPS) is 10.8. The highest BCUT2D eigenvalue weighted by Gasteiger charge is 2.13. The topological polar surface area (TPSA) is 21.3 Å². The molecule has 0 fully saturated rings. The monoisotopic (exact) mass is 289 g/mol. The van der Waals surface area contributed by atoms with E-state index in [2.05, 4.69) is 25.7 Å². The lowest BCUT2D eigenvalue weighted by molar-refractivity contribution is 0.317. The van der Waals surface area contributed by atoms with Crippen molar-refractivity contribution in [1.82, 2.24) is 5.32 Å². The molecule has 1 aromatic rings. The number of hydrogen-bond donors (Lipinski definition) is 1. The average molecular weight is 290 g/mol. The number of nitrogens with one attached hydrogen (secondary N) is 1. The van der Waals surface area contributed by atoms with E-state index in [0.717, 1.165) is 6.54 Å². The molecule has 0 amide bonds. The molecule has 0 atom stereocenters. The molecule has 0 spiro atoms. The van der Waals surface area contributed by atoms with Crippen molar-refractivity contribution in [2.75, 3.05) is 13.2 Å². The summed E-state index contributed by atoms with van der Waals surface area (Å²) < 4.78 is 32.3. The Morgan fingerprint density at radius 3 is 2.42 bits per heavy atom. The predicted molar refractivity (Wildman–Crippen MR) is 73.4 cm³/mol. The van der Waals surface area contributed by atoms with Crippen molar-refractivity contribution >= 4 is 11.6 Å². The Labute approximate surface area is 117 Å². The minimum absolute atomic E-state index is 0.125. The van der Waals surface area contributed by atoms with Gasteiger partial charge in [-0.25, -0.2) is 8.78 Å². The van der Waals surface area contributed by atoms with Gasteiger partial charge in [-0.15, -0.1) is 0 Å². The van der Waals surface area contributed by atoms with Crippen LogP contribution in [0.2, 0.25) is 0 Å². The van der Waals surface area contributed by atoms with Gasteiger partial charge in [-0.3, -0.25) is 0 Å². The number of benzene rings is 1. The van der Waals surface area contributed by atoms with Crippen LogP contribution in [0, 0.1) is 17.6 Å². The van der Waals surface area contributed by atoms with Gasteiger partial charge in [-0.1, -0.05) is 32.0 Å². The maximum absolute atomic E-state index is 13.7. The molecule has 0 aromatic heterocycles. The number of ether oxygens (including phenoxy) is 1. The van der Waals surface area contributed by atoms with Crippen LogP contribution in [0.3, 0.4) is 0 Å². The lowest BCUT2D eigenvalue weighted by Crippen LogP contribution is -2.19. The highest BCUT2D eigenvalue weighted by molar-refractivity contribution is 6.29. The van der Waals surface area contributed by atoms with Crippen molar-refractivity contribution in [3.8, 4) is 5.75 Å². The molecule has 0 saturated carbocycles. The molecule has 0 aliphatic carbocycles. The summed E-state index contributed by atoms with van der Waals surface area (Å²) >= 11 is 5.49. The molecule has 0 heterocycles. The molecular formula is C14H18ClF2NO.